The summed E-state index contributed by atoms with van der Waals surface area (Å²) in [5.74, 6) is -0.196. The highest BCUT2D eigenvalue weighted by Crippen LogP contribution is 2.19. The van der Waals surface area contributed by atoms with Gasteiger partial charge in [0.2, 0.25) is 0 Å². The van der Waals surface area contributed by atoms with Crippen LogP contribution in [-0.2, 0) is 6.54 Å². The molecule has 0 saturated heterocycles. The smallest absolute Gasteiger partial charge is 0.276 e. The topological polar surface area (TPSA) is 52.9 Å². The van der Waals surface area contributed by atoms with E-state index in [1.54, 1.807) is 0 Å². The van der Waals surface area contributed by atoms with E-state index in [2.05, 4.69) is 10.3 Å². The largest absolute Gasteiger partial charge is 0.378 e. The molecule has 25 heavy (non-hydrogen) atoms. The number of nitrogens with zero attached hydrogens (tertiary/aromatic N) is 4. The van der Waals surface area contributed by atoms with E-state index in [0.29, 0.717) is 12.2 Å². The van der Waals surface area contributed by atoms with E-state index >= 15 is 0 Å². The molecule has 1 aromatic carbocycles. The van der Waals surface area contributed by atoms with Crippen LogP contribution in [0.1, 0.15) is 16.2 Å². The molecule has 0 unspecified atom stereocenters. The molecular formula is C19H23N5O. The first-order valence-corrected chi connectivity index (χ1v) is 8.15. The molecule has 0 saturated carbocycles. The summed E-state index contributed by atoms with van der Waals surface area (Å²) < 4.78 is 1.96. The summed E-state index contributed by atoms with van der Waals surface area (Å²) in [6, 6.07) is 13.5. The van der Waals surface area contributed by atoms with Gasteiger partial charge in [0, 0.05) is 38.2 Å². The minimum Gasteiger partial charge on any atom is -0.378 e. The molecule has 3 rings (SSSR count). The number of fused-ring (bicyclic) bond motifs is 1. The molecule has 0 aliphatic carbocycles. The first-order valence-electron chi connectivity index (χ1n) is 8.15. The van der Waals surface area contributed by atoms with Gasteiger partial charge in [0.25, 0.3) is 5.91 Å². The second kappa shape index (κ2) is 6.94. The highest BCUT2D eigenvalue weighted by atomic mass is 16.1. The van der Waals surface area contributed by atoms with Crippen LogP contribution < -0.4 is 10.2 Å². The van der Waals surface area contributed by atoms with Gasteiger partial charge in [-0.1, -0.05) is 6.07 Å². The van der Waals surface area contributed by atoms with Crippen molar-refractivity contribution in [3.63, 3.8) is 0 Å². The van der Waals surface area contributed by atoms with E-state index < -0.39 is 0 Å². The van der Waals surface area contributed by atoms with Crippen LogP contribution in [0.25, 0.3) is 5.65 Å². The van der Waals surface area contributed by atoms with Gasteiger partial charge in [-0.2, -0.15) is 0 Å². The lowest BCUT2D eigenvalue weighted by molar-refractivity contribution is 0.102. The molecule has 1 N–H and O–H groups in total. The van der Waals surface area contributed by atoms with Crippen LogP contribution in [0.4, 0.5) is 11.4 Å². The summed E-state index contributed by atoms with van der Waals surface area (Å²) in [6.07, 6.45) is 1.93. The number of carbonyl (C=O) groups is 1. The summed E-state index contributed by atoms with van der Waals surface area (Å²) >= 11 is 0. The Morgan fingerprint density at radius 3 is 2.44 bits per heavy atom. The zero-order chi connectivity index (χ0) is 18.0. The lowest BCUT2D eigenvalue weighted by Gasteiger charge is -2.13. The molecule has 6 heteroatoms. The van der Waals surface area contributed by atoms with Gasteiger partial charge in [0.1, 0.15) is 5.65 Å². The number of hydrogen-bond acceptors (Lipinski definition) is 4. The number of imidazole rings is 1. The molecule has 0 aliphatic heterocycles. The highest BCUT2D eigenvalue weighted by Gasteiger charge is 2.19. The van der Waals surface area contributed by atoms with E-state index in [4.69, 9.17) is 0 Å². The average molecular weight is 337 g/mol. The second-order valence-electron chi connectivity index (χ2n) is 6.47. The number of amides is 1. The number of carbonyl (C=O) groups excluding carboxylic acids is 1. The molecule has 0 aliphatic rings. The van der Waals surface area contributed by atoms with Crippen molar-refractivity contribution < 1.29 is 4.79 Å². The summed E-state index contributed by atoms with van der Waals surface area (Å²) in [7, 11) is 7.92. The maximum atomic E-state index is 12.8. The van der Waals surface area contributed by atoms with Gasteiger partial charge in [-0.15, -0.1) is 0 Å². The van der Waals surface area contributed by atoms with Crippen LogP contribution in [-0.4, -0.2) is 48.4 Å². The standard InChI is InChI=1S/C19H23N5O/c1-22(2)13-16-18(21-17-7-5-6-12-24(16)17)19(25)20-14-8-10-15(11-9-14)23(3)4/h5-12H,13H2,1-4H3,(H,20,25). The van der Waals surface area contributed by atoms with Gasteiger partial charge in [-0.3, -0.25) is 4.79 Å². The summed E-state index contributed by atoms with van der Waals surface area (Å²) in [5, 5.41) is 2.95. The van der Waals surface area contributed by atoms with Crippen LogP contribution in [0, 0.1) is 0 Å². The van der Waals surface area contributed by atoms with Crippen molar-refractivity contribution in [2.45, 2.75) is 6.54 Å². The van der Waals surface area contributed by atoms with Crippen molar-refractivity contribution in [3.8, 4) is 0 Å². The Labute approximate surface area is 147 Å². The second-order valence-corrected chi connectivity index (χ2v) is 6.47. The van der Waals surface area contributed by atoms with E-state index in [1.807, 2.05) is 91.1 Å². The third kappa shape index (κ3) is 3.64. The van der Waals surface area contributed by atoms with Crippen LogP contribution in [0.5, 0.6) is 0 Å². The molecule has 1 amide bonds. The van der Waals surface area contributed by atoms with Gasteiger partial charge >= 0.3 is 0 Å². The molecule has 0 radical (unpaired) electrons. The summed E-state index contributed by atoms with van der Waals surface area (Å²) in [6.45, 7) is 0.632. The minimum atomic E-state index is -0.196. The van der Waals surface area contributed by atoms with E-state index in [1.165, 1.54) is 0 Å². The molecule has 0 atom stereocenters. The number of rotatable bonds is 5. The average Bonchev–Trinajstić information content (AvgIpc) is 2.93. The third-order valence-electron chi connectivity index (χ3n) is 3.95. The molecule has 0 bridgehead atoms. The Balaban J connectivity index is 1.91. The zero-order valence-electron chi connectivity index (χ0n) is 15.0. The quantitative estimate of drug-likeness (QED) is 0.778. The number of hydrogen-bond donors (Lipinski definition) is 1. The Kier molecular flexibility index (Phi) is 4.72. The molecule has 0 spiro atoms. The van der Waals surface area contributed by atoms with Gasteiger partial charge < -0.3 is 19.5 Å². The molecule has 3 aromatic rings. The third-order valence-corrected chi connectivity index (χ3v) is 3.95. The van der Waals surface area contributed by atoms with E-state index in [0.717, 1.165) is 22.7 Å². The van der Waals surface area contributed by atoms with Gasteiger partial charge in [-0.25, -0.2) is 4.98 Å². The molecule has 2 aromatic heterocycles. The Bertz CT molecular complexity index is 880. The number of anilines is 2. The fraction of sp³-hybridized carbons (Fsp3) is 0.263. The molecule has 6 nitrogen and oxygen atoms in total. The van der Waals surface area contributed by atoms with E-state index in [9.17, 15) is 4.79 Å². The number of aromatic nitrogens is 2. The fourth-order valence-electron chi connectivity index (χ4n) is 2.71. The normalized spacial score (nSPS) is 11.1. The van der Waals surface area contributed by atoms with Crippen molar-refractivity contribution in [1.29, 1.82) is 0 Å². The predicted octanol–water partition coefficient (Wildman–Crippen LogP) is 2.71. The van der Waals surface area contributed by atoms with Gasteiger partial charge in [0.15, 0.2) is 5.69 Å². The first-order chi connectivity index (χ1) is 12.0. The monoisotopic (exact) mass is 337 g/mol. The summed E-state index contributed by atoms with van der Waals surface area (Å²) in [4.78, 5) is 21.4. The zero-order valence-corrected chi connectivity index (χ0v) is 15.0. The van der Waals surface area contributed by atoms with Gasteiger partial charge in [0.05, 0.1) is 5.69 Å². The van der Waals surface area contributed by atoms with Crippen LogP contribution in [0.2, 0.25) is 0 Å². The predicted molar refractivity (Wildman–Crippen MR) is 101 cm³/mol. The molecular weight excluding hydrogens is 314 g/mol. The Morgan fingerprint density at radius 2 is 1.80 bits per heavy atom. The maximum absolute atomic E-state index is 12.8. The number of pyridine rings is 1. The Hall–Kier alpha value is -2.86. The fourth-order valence-corrected chi connectivity index (χ4v) is 2.71. The number of nitrogens with one attached hydrogen (secondary N) is 1. The number of benzene rings is 1. The van der Waals surface area contributed by atoms with Crippen molar-refractivity contribution in [3.05, 3.63) is 60.0 Å². The lowest BCUT2D eigenvalue weighted by atomic mass is 10.2. The van der Waals surface area contributed by atoms with Crippen LogP contribution in [0.15, 0.2) is 48.7 Å². The SMILES string of the molecule is CN(C)Cc1c(C(=O)Nc2ccc(N(C)C)cc2)nc2ccccn12. The van der Waals surface area contributed by atoms with Crippen molar-refractivity contribution >= 4 is 22.9 Å². The maximum Gasteiger partial charge on any atom is 0.276 e. The van der Waals surface area contributed by atoms with Crippen molar-refractivity contribution in [2.24, 2.45) is 0 Å². The molecule has 0 fully saturated rings. The van der Waals surface area contributed by atoms with Crippen LogP contribution in [0.3, 0.4) is 0 Å². The van der Waals surface area contributed by atoms with Gasteiger partial charge in [-0.05, 0) is 50.5 Å². The van der Waals surface area contributed by atoms with Crippen molar-refractivity contribution in [1.82, 2.24) is 14.3 Å². The molecule has 130 valence electrons. The van der Waals surface area contributed by atoms with E-state index in [-0.39, 0.29) is 5.91 Å². The van der Waals surface area contributed by atoms with Crippen LogP contribution >= 0.6 is 0 Å². The van der Waals surface area contributed by atoms with Crippen molar-refractivity contribution in [2.75, 3.05) is 38.4 Å². The molecule has 2 heterocycles. The lowest BCUT2D eigenvalue weighted by Crippen LogP contribution is -2.19. The highest BCUT2D eigenvalue weighted by molar-refractivity contribution is 6.04. The first kappa shape index (κ1) is 17.0. The minimum absolute atomic E-state index is 0.196. The Morgan fingerprint density at radius 1 is 1.08 bits per heavy atom. The summed E-state index contributed by atoms with van der Waals surface area (Å²) in [5.41, 5.74) is 3.94.